The number of nitrogens with zero attached hydrogens (tertiary/aromatic N) is 3. The van der Waals surface area contributed by atoms with E-state index in [1.807, 2.05) is 18.2 Å². The average Bonchev–Trinajstić information content (AvgIpc) is 2.96. The molecule has 1 aromatic carbocycles. The Morgan fingerprint density at radius 1 is 1.18 bits per heavy atom. The van der Waals surface area contributed by atoms with Crippen molar-refractivity contribution in [1.82, 2.24) is 14.8 Å². The first kappa shape index (κ1) is 14.3. The Kier molecular flexibility index (Phi) is 3.89. The second kappa shape index (κ2) is 5.99. The molecule has 0 fully saturated rings. The third-order valence-electron chi connectivity index (χ3n) is 3.18. The third kappa shape index (κ3) is 2.84. The number of nitrogens with one attached hydrogen (secondary N) is 1. The van der Waals surface area contributed by atoms with Crippen molar-refractivity contribution in [3.8, 4) is 5.69 Å². The van der Waals surface area contributed by atoms with Crippen LogP contribution in [-0.2, 0) is 0 Å². The molecule has 1 amide bonds. The first-order valence-electron chi connectivity index (χ1n) is 6.69. The lowest BCUT2D eigenvalue weighted by atomic mass is 10.2. The summed E-state index contributed by atoms with van der Waals surface area (Å²) in [5, 5.41) is 7.66. The fraction of sp³-hybridized carbons (Fsp3) is 0.0625. The zero-order chi connectivity index (χ0) is 15.5. The number of carbonyl (C=O) groups excluding carboxylic acids is 1. The molecule has 0 atom stereocenters. The van der Waals surface area contributed by atoms with E-state index in [1.54, 1.807) is 48.3 Å². The van der Waals surface area contributed by atoms with E-state index in [9.17, 15) is 4.79 Å². The number of amides is 1. The Hall–Kier alpha value is -2.66. The topological polar surface area (TPSA) is 59.8 Å². The molecule has 2 heterocycles. The number of aromatic nitrogens is 3. The number of rotatable bonds is 3. The van der Waals surface area contributed by atoms with Crippen LogP contribution in [-0.4, -0.2) is 20.7 Å². The molecule has 1 N–H and O–H groups in total. The Labute approximate surface area is 132 Å². The Bertz CT molecular complexity index is 828. The van der Waals surface area contributed by atoms with Gasteiger partial charge in [-0.2, -0.15) is 0 Å². The minimum atomic E-state index is -0.241. The van der Waals surface area contributed by atoms with Crippen LogP contribution in [0.4, 0.5) is 5.82 Å². The summed E-state index contributed by atoms with van der Waals surface area (Å²) < 4.78 is 1.62. The molecule has 3 aromatic rings. The lowest BCUT2D eigenvalue weighted by Gasteiger charge is -2.05. The molecule has 0 saturated carbocycles. The van der Waals surface area contributed by atoms with Gasteiger partial charge in [0.1, 0.15) is 0 Å². The summed E-state index contributed by atoms with van der Waals surface area (Å²) in [7, 11) is 0. The van der Waals surface area contributed by atoms with Gasteiger partial charge in [-0.3, -0.25) is 9.78 Å². The predicted molar refractivity (Wildman–Crippen MR) is 85.5 cm³/mol. The summed E-state index contributed by atoms with van der Waals surface area (Å²) in [4.78, 5) is 16.3. The molecule has 3 rings (SSSR count). The molecule has 2 aromatic heterocycles. The summed E-state index contributed by atoms with van der Waals surface area (Å²) in [6.07, 6.45) is 3.39. The Morgan fingerprint density at radius 3 is 2.77 bits per heavy atom. The van der Waals surface area contributed by atoms with Crippen molar-refractivity contribution < 1.29 is 4.79 Å². The molecule has 110 valence electrons. The van der Waals surface area contributed by atoms with Gasteiger partial charge in [0, 0.05) is 24.2 Å². The van der Waals surface area contributed by atoms with E-state index in [-0.39, 0.29) is 5.91 Å². The van der Waals surface area contributed by atoms with Crippen LogP contribution in [0, 0.1) is 6.92 Å². The summed E-state index contributed by atoms with van der Waals surface area (Å²) in [5.41, 5.74) is 1.95. The van der Waals surface area contributed by atoms with Gasteiger partial charge in [-0.05, 0) is 31.2 Å². The summed E-state index contributed by atoms with van der Waals surface area (Å²) in [5.74, 6) is 0.211. The maximum atomic E-state index is 12.2. The normalized spacial score (nSPS) is 10.5. The SMILES string of the molecule is Cc1ncccc1C(=O)Nc1ccn(-c2ccccc2Cl)n1. The number of benzene rings is 1. The van der Waals surface area contributed by atoms with Crippen LogP contribution in [0.2, 0.25) is 5.02 Å². The molecule has 0 radical (unpaired) electrons. The molecule has 0 saturated heterocycles. The zero-order valence-corrected chi connectivity index (χ0v) is 12.6. The first-order valence-corrected chi connectivity index (χ1v) is 7.06. The second-order valence-electron chi connectivity index (χ2n) is 4.69. The number of hydrogen-bond acceptors (Lipinski definition) is 3. The molecular formula is C16H13ClN4O. The monoisotopic (exact) mass is 312 g/mol. The minimum absolute atomic E-state index is 0.241. The summed E-state index contributed by atoms with van der Waals surface area (Å²) in [6, 6.07) is 12.5. The fourth-order valence-corrected chi connectivity index (χ4v) is 2.29. The smallest absolute Gasteiger partial charge is 0.258 e. The van der Waals surface area contributed by atoms with Gasteiger partial charge in [0.2, 0.25) is 0 Å². The standard InChI is InChI=1S/C16H13ClN4O/c1-11-12(5-4-9-18-11)16(22)19-15-8-10-21(20-15)14-7-3-2-6-13(14)17/h2-10H,1H3,(H,19,20,22). The molecule has 0 aliphatic heterocycles. The van der Waals surface area contributed by atoms with E-state index in [0.717, 1.165) is 5.69 Å². The van der Waals surface area contributed by atoms with Gasteiger partial charge in [-0.25, -0.2) is 4.68 Å². The number of para-hydroxylation sites is 1. The molecule has 0 aliphatic carbocycles. The van der Waals surface area contributed by atoms with Crippen LogP contribution < -0.4 is 5.32 Å². The van der Waals surface area contributed by atoms with Crippen molar-refractivity contribution >= 4 is 23.3 Å². The first-order chi connectivity index (χ1) is 10.6. The van der Waals surface area contributed by atoms with Gasteiger partial charge >= 0.3 is 0 Å². The van der Waals surface area contributed by atoms with Gasteiger partial charge in [0.25, 0.3) is 5.91 Å². The average molecular weight is 313 g/mol. The predicted octanol–water partition coefficient (Wildman–Crippen LogP) is 3.48. The van der Waals surface area contributed by atoms with E-state index in [0.29, 0.717) is 22.1 Å². The molecule has 0 spiro atoms. The lowest BCUT2D eigenvalue weighted by Crippen LogP contribution is -2.14. The molecular weight excluding hydrogens is 300 g/mol. The zero-order valence-electron chi connectivity index (χ0n) is 11.8. The highest BCUT2D eigenvalue weighted by Gasteiger charge is 2.11. The number of aryl methyl sites for hydroxylation is 1. The molecule has 5 nitrogen and oxygen atoms in total. The van der Waals surface area contributed by atoms with Crippen molar-refractivity contribution in [3.05, 3.63) is 71.1 Å². The van der Waals surface area contributed by atoms with Crippen molar-refractivity contribution in [2.24, 2.45) is 0 Å². The molecule has 0 bridgehead atoms. The van der Waals surface area contributed by atoms with Gasteiger partial charge in [0.15, 0.2) is 5.82 Å². The quantitative estimate of drug-likeness (QED) is 0.805. The van der Waals surface area contributed by atoms with Crippen LogP contribution in [0.1, 0.15) is 16.1 Å². The van der Waals surface area contributed by atoms with Crippen molar-refractivity contribution in [2.45, 2.75) is 6.92 Å². The highest BCUT2D eigenvalue weighted by Crippen LogP contribution is 2.20. The Balaban J connectivity index is 1.82. The second-order valence-corrected chi connectivity index (χ2v) is 5.09. The van der Waals surface area contributed by atoms with Crippen molar-refractivity contribution in [2.75, 3.05) is 5.32 Å². The Morgan fingerprint density at radius 2 is 2.00 bits per heavy atom. The summed E-state index contributed by atoms with van der Waals surface area (Å²) >= 11 is 6.13. The van der Waals surface area contributed by atoms with Gasteiger partial charge in [0.05, 0.1) is 16.3 Å². The van der Waals surface area contributed by atoms with E-state index >= 15 is 0 Å². The van der Waals surface area contributed by atoms with Crippen LogP contribution in [0.3, 0.4) is 0 Å². The number of carbonyl (C=O) groups is 1. The molecule has 0 aliphatic rings. The van der Waals surface area contributed by atoms with E-state index in [4.69, 9.17) is 11.6 Å². The van der Waals surface area contributed by atoms with Crippen LogP contribution in [0.25, 0.3) is 5.69 Å². The number of hydrogen-bond donors (Lipinski definition) is 1. The fourth-order valence-electron chi connectivity index (χ4n) is 2.07. The van der Waals surface area contributed by atoms with E-state index < -0.39 is 0 Å². The molecule has 6 heteroatoms. The molecule has 0 unspecified atom stereocenters. The van der Waals surface area contributed by atoms with Crippen LogP contribution >= 0.6 is 11.6 Å². The number of pyridine rings is 1. The third-order valence-corrected chi connectivity index (χ3v) is 3.50. The van der Waals surface area contributed by atoms with Crippen molar-refractivity contribution in [3.63, 3.8) is 0 Å². The lowest BCUT2D eigenvalue weighted by molar-refractivity contribution is 0.102. The highest BCUT2D eigenvalue weighted by molar-refractivity contribution is 6.32. The van der Waals surface area contributed by atoms with Gasteiger partial charge < -0.3 is 5.32 Å². The van der Waals surface area contributed by atoms with E-state index in [2.05, 4.69) is 15.4 Å². The van der Waals surface area contributed by atoms with E-state index in [1.165, 1.54) is 0 Å². The van der Waals surface area contributed by atoms with Gasteiger partial charge in [-0.15, -0.1) is 5.10 Å². The number of halogens is 1. The minimum Gasteiger partial charge on any atom is -0.305 e. The maximum Gasteiger partial charge on any atom is 0.258 e. The van der Waals surface area contributed by atoms with Crippen molar-refractivity contribution in [1.29, 1.82) is 0 Å². The van der Waals surface area contributed by atoms with Crippen LogP contribution in [0.15, 0.2) is 54.9 Å². The molecule has 22 heavy (non-hydrogen) atoms. The largest absolute Gasteiger partial charge is 0.305 e. The highest BCUT2D eigenvalue weighted by atomic mass is 35.5. The maximum absolute atomic E-state index is 12.2. The van der Waals surface area contributed by atoms with Gasteiger partial charge in [-0.1, -0.05) is 23.7 Å². The number of anilines is 1. The summed E-state index contributed by atoms with van der Waals surface area (Å²) in [6.45, 7) is 1.79. The van der Waals surface area contributed by atoms with Crippen LogP contribution in [0.5, 0.6) is 0 Å².